The molecule has 101 heavy (non-hydrogen) atoms. The van der Waals surface area contributed by atoms with Gasteiger partial charge in [0.1, 0.15) is 195 Å². The van der Waals surface area contributed by atoms with Gasteiger partial charge in [0, 0.05) is 27.7 Å². The molecule has 0 aliphatic carbocycles. The predicted molar refractivity (Wildman–Crippen MR) is 311 cm³/mol. The van der Waals surface area contributed by atoms with E-state index in [-0.39, 0.29) is 0 Å². The Morgan fingerprint density at radius 2 is 0.525 bits per heavy atom. The molecular weight excluding hydrogens is 1380 g/mol. The Balaban J connectivity index is 1.04. The Morgan fingerprint density at radius 3 is 0.931 bits per heavy atom. The first-order valence-corrected chi connectivity index (χ1v) is 32.1. The number of hydrogen-bond acceptors (Lipinski definition) is 41. The maximum Gasteiger partial charge on any atom is 0.217 e. The minimum absolute atomic E-state index is 0.758. The molecule has 8 saturated heterocycles. The lowest BCUT2D eigenvalue weighted by Crippen LogP contribution is -2.70. The summed E-state index contributed by atoms with van der Waals surface area (Å²) in [7, 11) is 0. The summed E-state index contributed by atoms with van der Waals surface area (Å²) < 4.78 is 87.3. The highest BCUT2D eigenvalue weighted by molar-refractivity contribution is 5.74. The molecule has 0 unspecified atom stereocenters. The normalized spacial score (nSPS) is 48.3. The van der Waals surface area contributed by atoms with E-state index in [0.29, 0.717) is 0 Å². The van der Waals surface area contributed by atoms with E-state index < -0.39 is 322 Å². The smallest absolute Gasteiger partial charge is 0.217 e. The monoisotopic (exact) mass is 1480 g/mol. The van der Waals surface area contributed by atoms with Crippen LogP contribution in [-0.4, -0.2) is 434 Å². The fourth-order valence-electron chi connectivity index (χ4n) is 13.0. The van der Waals surface area contributed by atoms with Crippen molar-refractivity contribution in [2.75, 3.05) is 52.9 Å². The maximum atomic E-state index is 12.8. The summed E-state index contributed by atoms with van der Waals surface area (Å²) in [6.45, 7) is -4.23. The molecule has 40 atom stereocenters. The van der Waals surface area contributed by atoms with Gasteiger partial charge in [0.25, 0.3) is 0 Å². The Kier molecular flexibility index (Phi) is 29.9. The molecule has 0 aromatic rings. The second-order valence-corrected chi connectivity index (χ2v) is 25.4. The van der Waals surface area contributed by atoms with Crippen LogP contribution in [-0.2, 0) is 90.2 Å². The molecule has 8 fully saturated rings. The molecule has 26 N–H and O–H groups in total. The molecule has 8 aliphatic rings. The van der Waals surface area contributed by atoms with Crippen LogP contribution in [0.15, 0.2) is 0 Å². The number of aliphatic hydroxyl groups excluding tert-OH is 22. The van der Waals surface area contributed by atoms with Gasteiger partial charge < -0.3 is 205 Å². The molecule has 0 bridgehead atoms. The van der Waals surface area contributed by atoms with E-state index >= 15 is 0 Å². The van der Waals surface area contributed by atoms with Crippen LogP contribution in [0.5, 0.6) is 0 Å². The first-order valence-electron chi connectivity index (χ1n) is 32.1. The van der Waals surface area contributed by atoms with Gasteiger partial charge in [-0.15, -0.1) is 0 Å². The molecule has 0 aromatic heterocycles. The van der Waals surface area contributed by atoms with Gasteiger partial charge in [-0.2, -0.15) is 0 Å². The van der Waals surface area contributed by atoms with E-state index in [1.807, 2.05) is 0 Å². The highest BCUT2D eigenvalue weighted by Crippen LogP contribution is 2.39. The third-order valence-electron chi connectivity index (χ3n) is 18.2. The molecule has 8 rings (SSSR count). The Hall–Kier alpha value is -3.60. The van der Waals surface area contributed by atoms with Gasteiger partial charge >= 0.3 is 0 Å². The number of hydrogen-bond donors (Lipinski definition) is 26. The van der Waals surface area contributed by atoms with Crippen LogP contribution in [0.4, 0.5) is 0 Å². The molecule has 0 aromatic carbocycles. The van der Waals surface area contributed by atoms with Crippen LogP contribution < -0.4 is 21.3 Å². The average Bonchev–Trinajstić information content (AvgIpc) is 0.776. The largest absolute Gasteiger partial charge is 0.394 e. The molecule has 8 aliphatic heterocycles. The zero-order valence-electron chi connectivity index (χ0n) is 54.3. The van der Waals surface area contributed by atoms with Crippen molar-refractivity contribution in [2.24, 2.45) is 0 Å². The summed E-state index contributed by atoms with van der Waals surface area (Å²) >= 11 is 0. The number of nitrogens with one attached hydrogen (secondary N) is 4. The summed E-state index contributed by atoms with van der Waals surface area (Å²) in [5.74, 6) is -3.30. The zero-order chi connectivity index (χ0) is 74.5. The first-order chi connectivity index (χ1) is 47.8. The van der Waals surface area contributed by atoms with E-state index in [2.05, 4.69) is 21.3 Å². The number of amides is 4. The SMILES string of the molecule is CC(=O)N[C@@H]1[C@@H](O)[C@H](O[C@@H]2O[C@H](CO)[C@@H](O[C@H]3O[C@H](CO[C@H]4O[C@H](CO)[C@@H](O[C@@H]5O[C@H](CO)[C@@H](O[C@@H]6O[C@H](CO)[C@H](O)[C@H](O)[C@H]6O)[C@H](O)[C@H]5NC(C)=O)[C@H](O)[C@@H]4O)[C@@H](O)[C@H](O[C@H]4O[C@H](CO)[C@@H](O[C@@H]5O[C@H](CO)[C@@H](O)[C@H](O)[C@H]5NC(C)=O)[C@H](O)[C@@H]4O)[C@@H]3O)[C@H](O)[C@H]2NC(C)=O)[C@@H](CO)O[C@H]1O. The summed E-state index contributed by atoms with van der Waals surface area (Å²) in [6.07, 6.45) is -71.4. The van der Waals surface area contributed by atoms with Crippen LogP contribution in [0.2, 0.25) is 0 Å². The Morgan fingerprint density at radius 1 is 0.257 bits per heavy atom. The number of ether oxygens (including phenoxy) is 15. The highest BCUT2D eigenvalue weighted by Gasteiger charge is 2.60. The van der Waals surface area contributed by atoms with Crippen LogP contribution in [0.1, 0.15) is 27.7 Å². The first kappa shape index (κ1) is 83.0. The van der Waals surface area contributed by atoms with Crippen LogP contribution in [0, 0.1) is 0 Å². The molecule has 8 heterocycles. The lowest BCUT2D eigenvalue weighted by molar-refractivity contribution is -0.390. The Bertz CT molecular complexity index is 2630. The average molecular weight is 1480 g/mol. The second kappa shape index (κ2) is 36.3. The predicted octanol–water partition coefficient (Wildman–Crippen LogP) is -17.9. The van der Waals surface area contributed by atoms with Crippen molar-refractivity contribution in [3.63, 3.8) is 0 Å². The molecule has 45 heteroatoms. The van der Waals surface area contributed by atoms with Crippen molar-refractivity contribution in [1.82, 2.24) is 21.3 Å². The minimum atomic E-state index is -2.43. The van der Waals surface area contributed by atoms with Gasteiger partial charge in [0.15, 0.2) is 50.3 Å². The lowest BCUT2D eigenvalue weighted by atomic mass is 9.93. The summed E-state index contributed by atoms with van der Waals surface area (Å²) in [5, 5.41) is 251. The number of aliphatic hydroxyl groups is 22. The van der Waals surface area contributed by atoms with E-state index in [9.17, 15) is 132 Å². The van der Waals surface area contributed by atoms with Crippen LogP contribution in [0.3, 0.4) is 0 Å². The molecule has 0 saturated carbocycles. The summed E-state index contributed by atoms with van der Waals surface area (Å²) in [6, 6.07) is -6.85. The molecule has 0 spiro atoms. The van der Waals surface area contributed by atoms with E-state index in [1.54, 1.807) is 0 Å². The lowest BCUT2D eigenvalue weighted by Gasteiger charge is -2.50. The van der Waals surface area contributed by atoms with Gasteiger partial charge in [-0.05, 0) is 0 Å². The topological polar surface area (TPSA) is 700 Å². The second-order valence-electron chi connectivity index (χ2n) is 25.4. The molecular formula is C56H94N4O41. The molecule has 0 radical (unpaired) electrons. The molecule has 4 amide bonds. The standard InChI is InChI=1S/C56H94N4O41/c1-13(68)57-25-33(76)43(19(7-63)88-49(25)86)96-51-27(59-15(3)70)35(78)45(21(9-65)91-51)100-56-42(85)48(101-55-41(84)38(81)47(23(11-67)94-55)97-50-26(58-14(2)69)32(75)29(72)17(5-61)89-50)31(74)24(95-56)12-87-53-40(83)37(80)46(22(10-66)93-53)98-52-28(60-16(4)71)34(77)44(20(8-64)92-52)99-54-39(82)36(79)30(73)18(6-62)90-54/h17-56,61-67,72-86H,5-12H2,1-4H3,(H,57,68)(H,58,69)(H,59,70)(H,60,71)/t17-,18-,19-,20-,21-,22-,23-,24-,25-,26-,27-,28-,29-,30+,31-,32-,33-,34-,35-,36+,37-,38-,39-,40+,41+,42+,43-,44-,45-,46-,47-,48+,49-,50+,51+,52+,53+,54+,55-,56-/m1/s1. The quantitative estimate of drug-likeness (QED) is 0.0382. The molecule has 45 nitrogen and oxygen atoms in total. The number of carbonyl (C=O) groups excluding carboxylic acids is 4. The number of rotatable bonds is 26. The minimum Gasteiger partial charge on any atom is -0.394 e. The Labute approximate surface area is 572 Å². The maximum absolute atomic E-state index is 12.8. The van der Waals surface area contributed by atoms with Gasteiger partial charge in [-0.1, -0.05) is 0 Å². The van der Waals surface area contributed by atoms with Gasteiger partial charge in [0.2, 0.25) is 23.6 Å². The van der Waals surface area contributed by atoms with E-state index in [0.717, 1.165) is 27.7 Å². The van der Waals surface area contributed by atoms with Gasteiger partial charge in [-0.3, -0.25) is 19.2 Å². The van der Waals surface area contributed by atoms with Gasteiger partial charge in [-0.25, -0.2) is 0 Å². The third-order valence-corrected chi connectivity index (χ3v) is 18.2. The fraction of sp³-hybridized carbons (Fsp3) is 0.929. The van der Waals surface area contributed by atoms with Crippen molar-refractivity contribution in [1.29, 1.82) is 0 Å². The number of carbonyl (C=O) groups is 4. The van der Waals surface area contributed by atoms with E-state index in [1.165, 1.54) is 0 Å². The van der Waals surface area contributed by atoms with Crippen molar-refractivity contribution in [3.05, 3.63) is 0 Å². The van der Waals surface area contributed by atoms with E-state index in [4.69, 9.17) is 71.1 Å². The van der Waals surface area contributed by atoms with Crippen molar-refractivity contribution >= 4 is 23.6 Å². The zero-order valence-corrected chi connectivity index (χ0v) is 54.3. The van der Waals surface area contributed by atoms with Crippen molar-refractivity contribution < 1.29 is 203 Å². The van der Waals surface area contributed by atoms with Crippen LogP contribution in [0.25, 0.3) is 0 Å². The summed E-state index contributed by atoms with van der Waals surface area (Å²) in [4.78, 5) is 49.6. The van der Waals surface area contributed by atoms with Crippen molar-refractivity contribution in [3.8, 4) is 0 Å². The van der Waals surface area contributed by atoms with Crippen LogP contribution >= 0.6 is 0 Å². The van der Waals surface area contributed by atoms with Gasteiger partial charge in [0.05, 0.1) is 52.9 Å². The highest BCUT2D eigenvalue weighted by atomic mass is 16.8. The van der Waals surface area contributed by atoms with Crippen molar-refractivity contribution in [2.45, 2.75) is 273 Å². The summed E-state index contributed by atoms with van der Waals surface area (Å²) in [5.41, 5.74) is 0. The fourth-order valence-corrected chi connectivity index (χ4v) is 13.0. The molecule has 584 valence electrons. The third kappa shape index (κ3) is 18.5.